The zero-order chi connectivity index (χ0) is 10.4. The fourth-order valence-corrected chi connectivity index (χ4v) is 1.89. The molecular weight excluding hydrogens is 194 g/mol. The third-order valence-electron chi connectivity index (χ3n) is 1.84. The Bertz CT molecular complexity index is 258. The summed E-state index contributed by atoms with van der Waals surface area (Å²) in [5.41, 5.74) is 1.15. The maximum atomic E-state index is 4.49. The van der Waals surface area contributed by atoms with Crippen molar-refractivity contribution in [3.05, 3.63) is 11.1 Å². The van der Waals surface area contributed by atoms with E-state index in [-0.39, 0.29) is 0 Å². The minimum Gasteiger partial charge on any atom is -0.362 e. The molecule has 0 radical (unpaired) electrons. The molecule has 80 valence electrons. The van der Waals surface area contributed by atoms with Crippen LogP contribution in [0.4, 0.5) is 5.13 Å². The lowest BCUT2D eigenvalue weighted by Gasteiger charge is -2.05. The largest absolute Gasteiger partial charge is 0.362 e. The van der Waals surface area contributed by atoms with Crippen molar-refractivity contribution >= 4 is 16.5 Å². The molecule has 1 aromatic heterocycles. The number of anilines is 1. The van der Waals surface area contributed by atoms with Gasteiger partial charge < -0.3 is 10.2 Å². The number of nitrogens with zero attached hydrogens (tertiary/aromatic N) is 2. The van der Waals surface area contributed by atoms with Crippen LogP contribution in [-0.4, -0.2) is 30.5 Å². The molecule has 0 aromatic carbocycles. The molecule has 14 heavy (non-hydrogen) atoms. The van der Waals surface area contributed by atoms with Gasteiger partial charge in [-0.25, -0.2) is 4.98 Å². The molecule has 0 spiro atoms. The molecule has 0 amide bonds. The molecule has 0 saturated carbocycles. The highest BCUT2D eigenvalue weighted by atomic mass is 32.1. The van der Waals surface area contributed by atoms with Gasteiger partial charge in [0, 0.05) is 18.5 Å². The summed E-state index contributed by atoms with van der Waals surface area (Å²) in [5, 5.41) is 6.50. The van der Waals surface area contributed by atoms with E-state index in [1.807, 2.05) is 0 Å². The first-order chi connectivity index (χ1) is 6.72. The highest BCUT2D eigenvalue weighted by molar-refractivity contribution is 7.13. The Labute approximate surface area is 90.2 Å². The average molecular weight is 213 g/mol. The third kappa shape index (κ3) is 4.07. The van der Waals surface area contributed by atoms with Crippen molar-refractivity contribution in [2.24, 2.45) is 0 Å². The van der Waals surface area contributed by atoms with Gasteiger partial charge in [0.1, 0.15) is 0 Å². The van der Waals surface area contributed by atoms with Gasteiger partial charge >= 0.3 is 0 Å². The molecule has 0 saturated heterocycles. The first-order valence-electron chi connectivity index (χ1n) is 5.05. The number of unbranched alkanes of at least 4 members (excludes halogenated alkanes) is 1. The van der Waals surface area contributed by atoms with Crippen LogP contribution in [0, 0.1) is 0 Å². The first kappa shape index (κ1) is 11.5. The van der Waals surface area contributed by atoms with E-state index in [0.717, 1.165) is 23.9 Å². The second-order valence-corrected chi connectivity index (χ2v) is 4.52. The summed E-state index contributed by atoms with van der Waals surface area (Å²) < 4.78 is 0. The lowest BCUT2D eigenvalue weighted by molar-refractivity contribution is 0.398. The second-order valence-electron chi connectivity index (χ2n) is 3.66. The molecule has 1 aromatic rings. The zero-order valence-corrected chi connectivity index (χ0v) is 10.0. The van der Waals surface area contributed by atoms with Crippen molar-refractivity contribution in [2.45, 2.75) is 26.3 Å². The molecule has 3 nitrogen and oxygen atoms in total. The predicted molar refractivity (Wildman–Crippen MR) is 62.9 cm³/mol. The van der Waals surface area contributed by atoms with Crippen LogP contribution in [0.25, 0.3) is 0 Å². The SMILES string of the molecule is CCCCNc1nc(CN(C)C)cs1. The molecular formula is C10H19N3S. The first-order valence-corrected chi connectivity index (χ1v) is 5.93. The summed E-state index contributed by atoms with van der Waals surface area (Å²) in [5.74, 6) is 0. The van der Waals surface area contributed by atoms with E-state index in [9.17, 15) is 0 Å². The quantitative estimate of drug-likeness (QED) is 0.736. The molecule has 0 aliphatic rings. The van der Waals surface area contributed by atoms with Crippen LogP contribution in [0.5, 0.6) is 0 Å². The molecule has 0 aliphatic carbocycles. The molecule has 1 rings (SSSR count). The van der Waals surface area contributed by atoms with Crippen LogP contribution in [0.2, 0.25) is 0 Å². The molecule has 0 atom stereocenters. The summed E-state index contributed by atoms with van der Waals surface area (Å²) >= 11 is 1.69. The van der Waals surface area contributed by atoms with Gasteiger partial charge in [-0.1, -0.05) is 13.3 Å². The lowest BCUT2D eigenvalue weighted by Crippen LogP contribution is -2.11. The Balaban J connectivity index is 2.35. The molecule has 0 bridgehead atoms. The van der Waals surface area contributed by atoms with E-state index >= 15 is 0 Å². The van der Waals surface area contributed by atoms with E-state index in [4.69, 9.17) is 0 Å². The van der Waals surface area contributed by atoms with Gasteiger partial charge in [0.15, 0.2) is 5.13 Å². The van der Waals surface area contributed by atoms with Crippen LogP contribution in [0.1, 0.15) is 25.5 Å². The van der Waals surface area contributed by atoms with Crippen LogP contribution in [-0.2, 0) is 6.54 Å². The minimum atomic E-state index is 0.923. The number of nitrogens with one attached hydrogen (secondary N) is 1. The number of thiazole rings is 1. The Morgan fingerprint density at radius 3 is 2.93 bits per heavy atom. The smallest absolute Gasteiger partial charge is 0.182 e. The van der Waals surface area contributed by atoms with Crippen molar-refractivity contribution in [1.82, 2.24) is 9.88 Å². The van der Waals surface area contributed by atoms with Crippen molar-refractivity contribution in [3.8, 4) is 0 Å². The van der Waals surface area contributed by atoms with Gasteiger partial charge in [0.2, 0.25) is 0 Å². The van der Waals surface area contributed by atoms with Crippen LogP contribution >= 0.6 is 11.3 Å². The fourth-order valence-electron chi connectivity index (χ4n) is 1.16. The molecule has 1 N–H and O–H groups in total. The van der Waals surface area contributed by atoms with Gasteiger partial charge in [-0.2, -0.15) is 0 Å². The molecule has 1 heterocycles. The van der Waals surface area contributed by atoms with Crippen molar-refractivity contribution in [1.29, 1.82) is 0 Å². The van der Waals surface area contributed by atoms with Crippen LogP contribution < -0.4 is 5.32 Å². The van der Waals surface area contributed by atoms with Gasteiger partial charge in [-0.3, -0.25) is 0 Å². The summed E-state index contributed by atoms with van der Waals surface area (Å²) in [7, 11) is 4.12. The average Bonchev–Trinajstić information content (AvgIpc) is 2.52. The lowest BCUT2D eigenvalue weighted by atomic mass is 10.3. The Morgan fingerprint density at radius 1 is 1.50 bits per heavy atom. The fraction of sp³-hybridized carbons (Fsp3) is 0.700. The standard InChI is InChI=1S/C10H19N3S/c1-4-5-6-11-10-12-9(8-14-10)7-13(2)3/h8H,4-7H2,1-3H3,(H,11,12). The highest BCUT2D eigenvalue weighted by Gasteiger charge is 2.01. The maximum absolute atomic E-state index is 4.49. The summed E-state index contributed by atoms with van der Waals surface area (Å²) in [6.07, 6.45) is 2.44. The molecule has 4 heteroatoms. The Hall–Kier alpha value is -0.610. The van der Waals surface area contributed by atoms with E-state index in [0.29, 0.717) is 0 Å². The van der Waals surface area contributed by atoms with E-state index in [1.54, 1.807) is 11.3 Å². The van der Waals surface area contributed by atoms with E-state index < -0.39 is 0 Å². The normalized spacial score (nSPS) is 10.9. The van der Waals surface area contributed by atoms with E-state index in [1.165, 1.54) is 12.8 Å². The zero-order valence-electron chi connectivity index (χ0n) is 9.21. The highest BCUT2D eigenvalue weighted by Crippen LogP contribution is 2.15. The van der Waals surface area contributed by atoms with Crippen molar-refractivity contribution < 1.29 is 0 Å². The number of hydrogen-bond donors (Lipinski definition) is 1. The van der Waals surface area contributed by atoms with Gasteiger partial charge in [-0.15, -0.1) is 11.3 Å². The van der Waals surface area contributed by atoms with Gasteiger partial charge in [-0.05, 0) is 20.5 Å². The Morgan fingerprint density at radius 2 is 2.29 bits per heavy atom. The van der Waals surface area contributed by atoms with Crippen LogP contribution in [0.15, 0.2) is 5.38 Å². The van der Waals surface area contributed by atoms with E-state index in [2.05, 4.69) is 41.6 Å². The molecule has 0 unspecified atom stereocenters. The molecule has 0 aliphatic heterocycles. The Kier molecular flexibility index (Phi) is 4.90. The summed E-state index contributed by atoms with van der Waals surface area (Å²) in [6, 6.07) is 0. The second kappa shape index (κ2) is 5.98. The topological polar surface area (TPSA) is 28.2 Å². The molecule has 0 fully saturated rings. The monoisotopic (exact) mass is 213 g/mol. The third-order valence-corrected chi connectivity index (χ3v) is 2.69. The number of hydrogen-bond acceptors (Lipinski definition) is 4. The maximum Gasteiger partial charge on any atom is 0.182 e. The van der Waals surface area contributed by atoms with Crippen LogP contribution in [0.3, 0.4) is 0 Å². The van der Waals surface area contributed by atoms with Crippen molar-refractivity contribution in [2.75, 3.05) is 26.0 Å². The predicted octanol–water partition coefficient (Wildman–Crippen LogP) is 2.42. The van der Waals surface area contributed by atoms with Crippen molar-refractivity contribution in [3.63, 3.8) is 0 Å². The summed E-state index contributed by atoms with van der Waals surface area (Å²) in [4.78, 5) is 6.62. The summed E-state index contributed by atoms with van der Waals surface area (Å²) in [6.45, 7) is 4.15. The minimum absolute atomic E-state index is 0.923. The van der Waals surface area contributed by atoms with Gasteiger partial charge in [0.25, 0.3) is 0 Å². The number of aromatic nitrogens is 1. The van der Waals surface area contributed by atoms with Gasteiger partial charge in [0.05, 0.1) is 5.69 Å². The number of rotatable bonds is 6.